The number of thioether (sulfide) groups is 1. The van der Waals surface area contributed by atoms with E-state index in [4.69, 9.17) is 0 Å². The molecule has 1 aromatic rings. The Bertz CT molecular complexity index is 438. The third-order valence-corrected chi connectivity index (χ3v) is 6.88. The molecule has 4 fully saturated rings. The first kappa shape index (κ1) is 14.2. The van der Waals surface area contributed by atoms with Crippen LogP contribution >= 0.6 is 11.8 Å². The van der Waals surface area contributed by atoms with Crippen LogP contribution < -0.4 is 28.5 Å². The third kappa shape index (κ3) is 2.57. The second-order valence-electron chi connectivity index (χ2n) is 6.85. The molecular formula is C16H22INS. The second kappa shape index (κ2) is 5.21. The summed E-state index contributed by atoms with van der Waals surface area (Å²) < 4.78 is 2.89. The van der Waals surface area contributed by atoms with Crippen molar-refractivity contribution in [1.82, 2.24) is 0 Å². The van der Waals surface area contributed by atoms with Gasteiger partial charge < -0.3 is 24.0 Å². The van der Waals surface area contributed by atoms with Gasteiger partial charge in [-0.15, -0.1) is 0 Å². The molecule has 4 aliphatic rings. The van der Waals surface area contributed by atoms with Crippen LogP contribution in [0.5, 0.6) is 0 Å². The molecule has 104 valence electrons. The summed E-state index contributed by atoms with van der Waals surface area (Å²) in [5.41, 5.74) is 0. The third-order valence-electron chi connectivity index (χ3n) is 5.31. The molecule has 4 saturated carbocycles. The Labute approximate surface area is 137 Å². The van der Waals surface area contributed by atoms with Gasteiger partial charge in [-0.05, 0) is 62.3 Å². The van der Waals surface area contributed by atoms with Gasteiger partial charge in [0, 0.05) is 16.9 Å². The Kier molecular flexibility index (Phi) is 3.89. The number of hydrogen-bond acceptors (Lipinski definition) is 1. The highest BCUT2D eigenvalue weighted by molar-refractivity contribution is 8.00. The number of rotatable bonds is 2. The maximum absolute atomic E-state index is 2.29. The minimum Gasteiger partial charge on any atom is -1.00 e. The van der Waals surface area contributed by atoms with Crippen molar-refractivity contribution in [3.8, 4) is 0 Å². The van der Waals surface area contributed by atoms with E-state index in [0.717, 1.165) is 17.8 Å². The lowest BCUT2D eigenvalue weighted by molar-refractivity contribution is -0.708. The van der Waals surface area contributed by atoms with Gasteiger partial charge in [0.05, 0.1) is 0 Å². The van der Waals surface area contributed by atoms with E-state index in [-0.39, 0.29) is 24.0 Å². The predicted octanol–water partition coefficient (Wildman–Crippen LogP) is 0.576. The van der Waals surface area contributed by atoms with E-state index in [1.807, 2.05) is 0 Å². The standard InChI is InChI=1S/C16H22NS.HI/c1-17-5-3-2-4-15(17)18-16-9-12-6-13(10-16)8-14(7-12)11-16;/h2-5,12-14H,6-11H2,1H3;1H/q+1;/p-1. The fourth-order valence-electron chi connectivity index (χ4n) is 4.99. The van der Waals surface area contributed by atoms with Crippen molar-refractivity contribution in [2.45, 2.75) is 48.3 Å². The summed E-state index contributed by atoms with van der Waals surface area (Å²) >= 11 is 2.19. The molecule has 0 aromatic carbocycles. The fraction of sp³-hybridized carbons (Fsp3) is 0.688. The molecule has 4 aliphatic carbocycles. The zero-order valence-corrected chi connectivity index (χ0v) is 14.5. The maximum Gasteiger partial charge on any atom is 0.240 e. The lowest BCUT2D eigenvalue weighted by atomic mass is 9.56. The summed E-state index contributed by atoms with van der Waals surface area (Å²) in [7, 11) is 2.18. The van der Waals surface area contributed by atoms with Crippen molar-refractivity contribution in [2.75, 3.05) is 0 Å². The highest BCUT2D eigenvalue weighted by Crippen LogP contribution is 2.61. The zero-order valence-electron chi connectivity index (χ0n) is 11.5. The molecule has 1 nitrogen and oxygen atoms in total. The number of pyridine rings is 1. The van der Waals surface area contributed by atoms with E-state index in [2.05, 4.69) is 47.8 Å². The lowest BCUT2D eigenvalue weighted by Crippen LogP contribution is -3.00. The van der Waals surface area contributed by atoms with Crippen LogP contribution in [0.15, 0.2) is 29.4 Å². The molecular weight excluding hydrogens is 365 g/mol. The highest BCUT2D eigenvalue weighted by Gasteiger charge is 2.52. The van der Waals surface area contributed by atoms with Crippen LogP contribution in [-0.2, 0) is 7.05 Å². The molecule has 1 heterocycles. The number of aromatic nitrogens is 1. The fourth-order valence-corrected chi connectivity index (χ4v) is 6.74. The molecule has 0 amide bonds. The van der Waals surface area contributed by atoms with E-state index in [1.165, 1.54) is 24.3 Å². The number of hydrogen-bond donors (Lipinski definition) is 0. The topological polar surface area (TPSA) is 3.88 Å². The quantitative estimate of drug-likeness (QED) is 0.531. The molecule has 0 N–H and O–H groups in total. The van der Waals surface area contributed by atoms with Gasteiger partial charge in [0.2, 0.25) is 5.03 Å². The summed E-state index contributed by atoms with van der Waals surface area (Å²) in [5.74, 6) is 3.16. The highest BCUT2D eigenvalue weighted by atomic mass is 127. The second-order valence-corrected chi connectivity index (χ2v) is 8.34. The van der Waals surface area contributed by atoms with Crippen molar-refractivity contribution in [3.63, 3.8) is 0 Å². The van der Waals surface area contributed by atoms with Crippen molar-refractivity contribution in [2.24, 2.45) is 24.8 Å². The van der Waals surface area contributed by atoms with Crippen molar-refractivity contribution in [1.29, 1.82) is 0 Å². The van der Waals surface area contributed by atoms with Gasteiger partial charge in [0.25, 0.3) is 0 Å². The van der Waals surface area contributed by atoms with E-state index in [9.17, 15) is 0 Å². The summed E-state index contributed by atoms with van der Waals surface area (Å²) in [4.78, 5) is 0. The smallest absolute Gasteiger partial charge is 0.240 e. The average molecular weight is 387 g/mol. The molecule has 0 spiro atoms. The SMILES string of the molecule is C[n+]1ccccc1SC12CC3CC(CC(C3)C1)C2.[I-]. The van der Waals surface area contributed by atoms with Crippen LogP contribution in [-0.4, -0.2) is 4.75 Å². The number of nitrogens with zero attached hydrogens (tertiary/aromatic N) is 1. The molecule has 19 heavy (non-hydrogen) atoms. The van der Waals surface area contributed by atoms with Crippen molar-refractivity contribution >= 4 is 11.8 Å². The normalized spacial score (nSPS) is 39.1. The van der Waals surface area contributed by atoms with Gasteiger partial charge in [0.15, 0.2) is 6.20 Å². The Morgan fingerprint density at radius 2 is 1.63 bits per heavy atom. The van der Waals surface area contributed by atoms with E-state index in [1.54, 1.807) is 19.3 Å². The van der Waals surface area contributed by atoms with Gasteiger partial charge in [-0.3, -0.25) is 0 Å². The maximum atomic E-state index is 2.29. The number of halogens is 1. The minimum absolute atomic E-state index is 0. The van der Waals surface area contributed by atoms with Gasteiger partial charge in [0.1, 0.15) is 7.05 Å². The minimum atomic E-state index is 0. The first-order valence-corrected chi connectivity index (χ1v) is 8.18. The average Bonchev–Trinajstić information content (AvgIpc) is 2.30. The van der Waals surface area contributed by atoms with Gasteiger partial charge in [-0.25, -0.2) is 0 Å². The molecule has 4 bridgehead atoms. The molecule has 0 atom stereocenters. The first-order valence-electron chi connectivity index (χ1n) is 7.36. The number of aryl methyl sites for hydroxylation is 1. The van der Waals surface area contributed by atoms with Crippen LogP contribution in [0.1, 0.15) is 38.5 Å². The van der Waals surface area contributed by atoms with E-state index >= 15 is 0 Å². The largest absolute Gasteiger partial charge is 1.00 e. The van der Waals surface area contributed by atoms with Gasteiger partial charge in [-0.1, -0.05) is 11.8 Å². The van der Waals surface area contributed by atoms with Crippen molar-refractivity contribution in [3.05, 3.63) is 24.4 Å². The van der Waals surface area contributed by atoms with Gasteiger partial charge >= 0.3 is 0 Å². The Morgan fingerprint density at radius 1 is 1.05 bits per heavy atom. The summed E-state index contributed by atoms with van der Waals surface area (Å²) in [6.07, 6.45) is 11.3. The molecule has 1 aromatic heterocycles. The van der Waals surface area contributed by atoms with Crippen LogP contribution in [0.3, 0.4) is 0 Å². The van der Waals surface area contributed by atoms with Crippen molar-refractivity contribution < 1.29 is 28.5 Å². The molecule has 0 unspecified atom stereocenters. The first-order chi connectivity index (χ1) is 8.72. The summed E-state index contributed by atoms with van der Waals surface area (Å²) in [6.45, 7) is 0. The van der Waals surface area contributed by atoms with E-state index < -0.39 is 0 Å². The van der Waals surface area contributed by atoms with E-state index in [0.29, 0.717) is 4.75 Å². The Hall–Kier alpha value is 0.230. The monoisotopic (exact) mass is 387 g/mol. The van der Waals surface area contributed by atoms with Gasteiger partial charge in [-0.2, -0.15) is 4.57 Å². The zero-order chi connectivity index (χ0) is 12.2. The summed E-state index contributed by atoms with van der Waals surface area (Å²) in [5, 5.41) is 1.46. The Balaban J connectivity index is 0.00000110. The van der Waals surface area contributed by atoms with Crippen LogP contribution in [0, 0.1) is 17.8 Å². The predicted molar refractivity (Wildman–Crippen MR) is 74.4 cm³/mol. The molecule has 3 heteroatoms. The molecule has 0 radical (unpaired) electrons. The molecule has 0 aliphatic heterocycles. The summed E-state index contributed by atoms with van der Waals surface area (Å²) in [6, 6.07) is 6.61. The van der Waals surface area contributed by atoms with Crippen LogP contribution in [0.2, 0.25) is 0 Å². The molecule has 0 saturated heterocycles. The molecule has 5 rings (SSSR count). The van der Waals surface area contributed by atoms with Crippen LogP contribution in [0.4, 0.5) is 0 Å². The van der Waals surface area contributed by atoms with Crippen LogP contribution in [0.25, 0.3) is 0 Å². The Morgan fingerprint density at radius 3 is 2.16 bits per heavy atom. The lowest BCUT2D eigenvalue weighted by Gasteiger charge is -2.55.